The highest BCUT2D eigenvalue weighted by molar-refractivity contribution is 6.32. The average molecular weight is 539 g/mol. The van der Waals surface area contributed by atoms with Gasteiger partial charge in [0.25, 0.3) is 5.56 Å². The zero-order valence-corrected chi connectivity index (χ0v) is 22.5. The Kier molecular flexibility index (Phi) is 7.04. The molecule has 0 aliphatic carbocycles. The van der Waals surface area contributed by atoms with Gasteiger partial charge < -0.3 is 15.8 Å². The van der Waals surface area contributed by atoms with E-state index in [1.54, 1.807) is 22.8 Å². The number of hydrogen-bond acceptors (Lipinski definition) is 7. The lowest BCUT2D eigenvalue weighted by atomic mass is 10.0. The molecule has 0 aliphatic heterocycles. The monoisotopic (exact) mass is 538 g/mol. The molecule has 0 saturated carbocycles. The Morgan fingerprint density at radius 1 is 1.05 bits per heavy atom. The highest BCUT2D eigenvalue weighted by Gasteiger charge is 2.19. The molecule has 0 unspecified atom stereocenters. The minimum atomic E-state index is -0.0971. The second-order valence-corrected chi connectivity index (χ2v) is 9.57. The molecule has 8 nitrogen and oxygen atoms in total. The molecule has 5 rings (SSSR count). The molecule has 0 aliphatic rings. The van der Waals surface area contributed by atoms with Gasteiger partial charge in [-0.1, -0.05) is 54.1 Å². The second-order valence-electron chi connectivity index (χ2n) is 9.16. The number of rotatable bonds is 7. The molecule has 0 spiro atoms. The molecule has 5 aromatic rings. The molecule has 0 radical (unpaired) electrons. The van der Waals surface area contributed by atoms with Crippen molar-refractivity contribution in [1.82, 2.24) is 14.5 Å². The summed E-state index contributed by atoms with van der Waals surface area (Å²) >= 11 is 6.18. The van der Waals surface area contributed by atoms with Crippen LogP contribution in [0.5, 0.6) is 5.75 Å². The largest absolute Gasteiger partial charge is 0.495 e. The molecule has 2 aromatic heterocycles. The fourth-order valence-electron chi connectivity index (χ4n) is 4.71. The lowest BCUT2D eigenvalue weighted by molar-refractivity contribution is 0.415. The van der Waals surface area contributed by atoms with Crippen molar-refractivity contribution in [3.8, 4) is 11.4 Å². The number of anilines is 2. The lowest BCUT2D eigenvalue weighted by Gasteiger charge is -2.19. The SMILES string of the molecule is COc1cc(C(=N)c2c(N)ncnc2NCc2cc3cccc(C)c3c(=O)n2-c2ccccc2C)ccc1Cl. The third-order valence-electron chi connectivity index (χ3n) is 6.69. The van der Waals surface area contributed by atoms with Crippen molar-refractivity contribution < 1.29 is 4.74 Å². The smallest absolute Gasteiger partial charge is 0.263 e. The van der Waals surface area contributed by atoms with Gasteiger partial charge in [-0.15, -0.1) is 0 Å². The highest BCUT2D eigenvalue weighted by atomic mass is 35.5. The number of ether oxygens (including phenoxy) is 1. The van der Waals surface area contributed by atoms with Gasteiger partial charge in [-0.25, -0.2) is 9.97 Å². The number of nitrogens with one attached hydrogen (secondary N) is 2. The second kappa shape index (κ2) is 10.6. The van der Waals surface area contributed by atoms with Crippen LogP contribution in [-0.2, 0) is 6.54 Å². The van der Waals surface area contributed by atoms with E-state index in [1.807, 2.05) is 62.4 Å². The number of para-hydroxylation sites is 1. The molecular formula is C30H27ClN6O2. The van der Waals surface area contributed by atoms with Gasteiger partial charge >= 0.3 is 0 Å². The van der Waals surface area contributed by atoms with E-state index >= 15 is 0 Å². The third kappa shape index (κ3) is 4.82. The standard InChI is InChI=1S/C30H27ClN6O2/c1-17-7-4-5-10-23(17)37-21(13-19-9-6-8-18(2)25(19)30(37)38)15-34-29-26(28(33)35-16-36-29)27(32)20-11-12-22(31)24(14-20)39-3/h4-14,16,32H,15H2,1-3H3,(H3,33,34,35,36). The van der Waals surface area contributed by atoms with Crippen molar-refractivity contribution in [2.24, 2.45) is 0 Å². The van der Waals surface area contributed by atoms with Crippen LogP contribution in [0.4, 0.5) is 11.6 Å². The summed E-state index contributed by atoms with van der Waals surface area (Å²) in [6.07, 6.45) is 1.34. The summed E-state index contributed by atoms with van der Waals surface area (Å²) in [7, 11) is 1.51. The first-order valence-electron chi connectivity index (χ1n) is 12.3. The number of pyridine rings is 1. The molecule has 39 heavy (non-hydrogen) atoms. The Balaban J connectivity index is 1.60. The van der Waals surface area contributed by atoms with E-state index in [2.05, 4.69) is 15.3 Å². The number of aryl methyl sites for hydroxylation is 2. The summed E-state index contributed by atoms with van der Waals surface area (Å²) in [5.74, 6) is 0.962. The quantitative estimate of drug-likeness (QED) is 0.230. The first-order chi connectivity index (χ1) is 18.8. The van der Waals surface area contributed by atoms with Crippen molar-refractivity contribution in [3.63, 3.8) is 0 Å². The normalized spacial score (nSPS) is 11.0. The predicted molar refractivity (Wildman–Crippen MR) is 157 cm³/mol. The van der Waals surface area contributed by atoms with Crippen LogP contribution in [0.25, 0.3) is 16.5 Å². The van der Waals surface area contributed by atoms with Crippen LogP contribution >= 0.6 is 11.6 Å². The van der Waals surface area contributed by atoms with Gasteiger partial charge in [0.1, 0.15) is 23.7 Å². The zero-order valence-electron chi connectivity index (χ0n) is 21.7. The highest BCUT2D eigenvalue weighted by Crippen LogP contribution is 2.29. The van der Waals surface area contributed by atoms with E-state index in [-0.39, 0.29) is 23.6 Å². The molecule has 0 saturated heterocycles. The zero-order chi connectivity index (χ0) is 27.7. The number of nitrogen functional groups attached to an aromatic ring is 1. The number of halogens is 1. The van der Waals surface area contributed by atoms with Crippen molar-refractivity contribution in [2.45, 2.75) is 20.4 Å². The van der Waals surface area contributed by atoms with Gasteiger partial charge in [0.15, 0.2) is 0 Å². The fraction of sp³-hybridized carbons (Fsp3) is 0.133. The summed E-state index contributed by atoms with van der Waals surface area (Å²) < 4.78 is 7.05. The van der Waals surface area contributed by atoms with E-state index in [0.717, 1.165) is 27.9 Å². The third-order valence-corrected chi connectivity index (χ3v) is 7.00. The number of nitrogens with two attached hydrogens (primary N) is 1. The number of methoxy groups -OCH3 is 1. The topological polar surface area (TPSA) is 119 Å². The Labute approximate surface area is 230 Å². The molecule has 196 valence electrons. The number of hydrogen-bond donors (Lipinski definition) is 3. The minimum absolute atomic E-state index is 0.0971. The fourth-order valence-corrected chi connectivity index (χ4v) is 4.91. The minimum Gasteiger partial charge on any atom is -0.495 e. The Bertz CT molecular complexity index is 1800. The van der Waals surface area contributed by atoms with Crippen LogP contribution < -0.4 is 21.3 Å². The first kappa shape index (κ1) is 25.9. The number of fused-ring (bicyclic) bond motifs is 1. The summed E-state index contributed by atoms with van der Waals surface area (Å²) in [5.41, 5.74) is 10.5. The van der Waals surface area contributed by atoms with Crippen molar-refractivity contribution >= 4 is 39.7 Å². The van der Waals surface area contributed by atoms with Gasteiger partial charge in [0, 0.05) is 11.3 Å². The number of nitrogens with zero attached hydrogens (tertiary/aromatic N) is 3. The summed E-state index contributed by atoms with van der Waals surface area (Å²) in [5, 5.41) is 14.2. The van der Waals surface area contributed by atoms with Gasteiger partial charge in [0.05, 0.1) is 41.0 Å². The molecule has 0 fully saturated rings. The van der Waals surface area contributed by atoms with Crippen LogP contribution in [0, 0.1) is 19.3 Å². The summed E-state index contributed by atoms with van der Waals surface area (Å²) in [6, 6.07) is 20.6. The maximum atomic E-state index is 13.9. The Hall–Kier alpha value is -4.69. The van der Waals surface area contributed by atoms with E-state index in [4.69, 9.17) is 27.5 Å². The van der Waals surface area contributed by atoms with Gasteiger partial charge in [0.2, 0.25) is 0 Å². The average Bonchev–Trinajstić information content (AvgIpc) is 2.92. The summed E-state index contributed by atoms with van der Waals surface area (Å²) in [6.45, 7) is 4.16. The Morgan fingerprint density at radius 3 is 2.59 bits per heavy atom. The predicted octanol–water partition coefficient (Wildman–Crippen LogP) is 5.67. The maximum absolute atomic E-state index is 13.9. The number of aromatic nitrogens is 3. The van der Waals surface area contributed by atoms with E-state index < -0.39 is 0 Å². The van der Waals surface area contributed by atoms with Crippen LogP contribution in [-0.4, -0.2) is 27.4 Å². The van der Waals surface area contributed by atoms with E-state index in [9.17, 15) is 4.79 Å². The van der Waals surface area contributed by atoms with Gasteiger partial charge in [-0.2, -0.15) is 0 Å². The van der Waals surface area contributed by atoms with Crippen LogP contribution in [0.15, 0.2) is 77.9 Å². The first-order valence-corrected chi connectivity index (χ1v) is 12.7. The summed E-state index contributed by atoms with van der Waals surface area (Å²) in [4.78, 5) is 22.4. The van der Waals surface area contributed by atoms with E-state index in [1.165, 1.54) is 13.4 Å². The molecular weight excluding hydrogens is 512 g/mol. The van der Waals surface area contributed by atoms with Gasteiger partial charge in [-0.05, 0) is 54.6 Å². The van der Waals surface area contributed by atoms with Crippen molar-refractivity contribution in [2.75, 3.05) is 18.2 Å². The van der Waals surface area contributed by atoms with Crippen molar-refractivity contribution in [3.05, 3.63) is 116 Å². The molecule has 2 heterocycles. The van der Waals surface area contributed by atoms with Crippen LogP contribution in [0.2, 0.25) is 5.02 Å². The molecule has 0 bridgehead atoms. The molecule has 0 amide bonds. The number of benzene rings is 3. The molecule has 4 N–H and O–H groups in total. The van der Waals surface area contributed by atoms with Crippen LogP contribution in [0.1, 0.15) is 27.9 Å². The molecule has 3 aromatic carbocycles. The Morgan fingerprint density at radius 2 is 1.82 bits per heavy atom. The maximum Gasteiger partial charge on any atom is 0.263 e. The van der Waals surface area contributed by atoms with E-state index in [0.29, 0.717) is 33.1 Å². The molecule has 9 heteroatoms. The molecule has 0 atom stereocenters. The van der Waals surface area contributed by atoms with Crippen LogP contribution in [0.3, 0.4) is 0 Å². The lowest BCUT2D eigenvalue weighted by Crippen LogP contribution is -2.25. The van der Waals surface area contributed by atoms with Crippen molar-refractivity contribution in [1.29, 1.82) is 5.41 Å². The van der Waals surface area contributed by atoms with Gasteiger partial charge in [-0.3, -0.25) is 14.8 Å².